The lowest BCUT2D eigenvalue weighted by atomic mass is 10.0. The van der Waals surface area contributed by atoms with Crippen molar-refractivity contribution in [2.45, 2.75) is 19.8 Å². The summed E-state index contributed by atoms with van der Waals surface area (Å²) in [5.74, 6) is 1.34. The second kappa shape index (κ2) is 4.67. The number of aromatic nitrogens is 3. The molecule has 0 unspecified atom stereocenters. The molecule has 19 heavy (non-hydrogen) atoms. The summed E-state index contributed by atoms with van der Waals surface area (Å²) < 4.78 is 1.91. The first-order valence-electron chi connectivity index (χ1n) is 6.26. The molecule has 0 radical (unpaired) electrons. The topological polar surface area (TPSA) is 30.2 Å². The predicted octanol–water partition coefficient (Wildman–Crippen LogP) is 4.17. The van der Waals surface area contributed by atoms with Crippen LogP contribution in [0.2, 0.25) is 5.02 Å². The number of halogens is 1. The largest absolute Gasteiger partial charge is 0.281 e. The molecule has 0 saturated carbocycles. The van der Waals surface area contributed by atoms with Gasteiger partial charge in [0.2, 0.25) is 0 Å². The minimum atomic E-state index is 0.527. The maximum absolute atomic E-state index is 6.10. The van der Waals surface area contributed by atoms with Crippen LogP contribution in [-0.2, 0) is 0 Å². The van der Waals surface area contributed by atoms with Crippen LogP contribution in [-0.4, -0.2) is 14.6 Å². The molecule has 3 aromatic rings. The van der Waals surface area contributed by atoms with Gasteiger partial charge in [0.05, 0.1) is 5.02 Å². The molecule has 0 fully saturated rings. The van der Waals surface area contributed by atoms with E-state index in [4.69, 9.17) is 11.6 Å². The van der Waals surface area contributed by atoms with Crippen molar-refractivity contribution in [1.82, 2.24) is 14.6 Å². The lowest BCUT2D eigenvalue weighted by molar-refractivity contribution is 0.867. The molecule has 0 amide bonds. The zero-order valence-corrected chi connectivity index (χ0v) is 11.6. The van der Waals surface area contributed by atoms with Gasteiger partial charge in [0.15, 0.2) is 11.5 Å². The number of rotatable bonds is 2. The van der Waals surface area contributed by atoms with Crippen molar-refractivity contribution < 1.29 is 0 Å². The van der Waals surface area contributed by atoms with Crippen LogP contribution in [0.3, 0.4) is 0 Å². The van der Waals surface area contributed by atoms with Gasteiger partial charge in [0.25, 0.3) is 0 Å². The molecule has 0 bridgehead atoms. The Hall–Kier alpha value is -1.87. The summed E-state index contributed by atoms with van der Waals surface area (Å²) in [4.78, 5) is 0. The smallest absolute Gasteiger partial charge is 0.179 e. The Labute approximate surface area is 116 Å². The van der Waals surface area contributed by atoms with E-state index in [0.29, 0.717) is 16.6 Å². The fourth-order valence-corrected chi connectivity index (χ4v) is 2.30. The number of hydrogen-bond donors (Lipinski definition) is 0. The molecule has 0 saturated heterocycles. The zero-order valence-electron chi connectivity index (χ0n) is 10.8. The molecule has 0 aliphatic heterocycles. The van der Waals surface area contributed by atoms with Crippen LogP contribution in [0.1, 0.15) is 25.3 Å². The number of pyridine rings is 1. The standard InChI is InChI=1S/C15H14ClN3/c1-10(2)11-5-7-12(8-6-11)14-17-18-15-13(16)4-3-9-19(14)15/h3-10H,1-2H3. The average molecular weight is 272 g/mol. The molecule has 0 spiro atoms. The number of benzene rings is 1. The Bertz CT molecular complexity index is 714. The fraction of sp³-hybridized carbons (Fsp3) is 0.200. The quantitative estimate of drug-likeness (QED) is 0.700. The lowest BCUT2D eigenvalue weighted by Gasteiger charge is -2.06. The van der Waals surface area contributed by atoms with Crippen molar-refractivity contribution in [1.29, 1.82) is 0 Å². The van der Waals surface area contributed by atoms with Gasteiger partial charge in [-0.3, -0.25) is 4.40 Å². The van der Waals surface area contributed by atoms with Gasteiger partial charge >= 0.3 is 0 Å². The Morgan fingerprint density at radius 3 is 2.47 bits per heavy atom. The molecule has 3 rings (SSSR count). The van der Waals surface area contributed by atoms with Gasteiger partial charge in [0, 0.05) is 11.8 Å². The summed E-state index contributed by atoms with van der Waals surface area (Å²) in [7, 11) is 0. The average Bonchev–Trinajstić information content (AvgIpc) is 2.84. The van der Waals surface area contributed by atoms with Crippen LogP contribution >= 0.6 is 11.6 Å². The van der Waals surface area contributed by atoms with Gasteiger partial charge in [-0.05, 0) is 23.6 Å². The van der Waals surface area contributed by atoms with E-state index in [9.17, 15) is 0 Å². The molecule has 3 nitrogen and oxygen atoms in total. The zero-order chi connectivity index (χ0) is 13.4. The molecular formula is C15H14ClN3. The highest BCUT2D eigenvalue weighted by Gasteiger charge is 2.10. The summed E-state index contributed by atoms with van der Waals surface area (Å²) in [5.41, 5.74) is 3.04. The van der Waals surface area contributed by atoms with Gasteiger partial charge < -0.3 is 0 Å². The third-order valence-electron chi connectivity index (χ3n) is 3.22. The first-order valence-corrected chi connectivity index (χ1v) is 6.64. The molecule has 2 heterocycles. The van der Waals surface area contributed by atoms with E-state index in [-0.39, 0.29) is 0 Å². The molecule has 0 aliphatic carbocycles. The Morgan fingerprint density at radius 1 is 1.05 bits per heavy atom. The first-order chi connectivity index (χ1) is 9.16. The highest BCUT2D eigenvalue weighted by Crippen LogP contribution is 2.24. The normalized spacial score (nSPS) is 11.4. The van der Waals surface area contributed by atoms with Crippen LogP contribution in [0.15, 0.2) is 42.6 Å². The molecule has 2 aromatic heterocycles. The van der Waals surface area contributed by atoms with Crippen molar-refractivity contribution in [3.8, 4) is 11.4 Å². The van der Waals surface area contributed by atoms with Crippen molar-refractivity contribution in [3.63, 3.8) is 0 Å². The van der Waals surface area contributed by atoms with Crippen LogP contribution in [0.5, 0.6) is 0 Å². The van der Waals surface area contributed by atoms with Crippen LogP contribution < -0.4 is 0 Å². The van der Waals surface area contributed by atoms with E-state index in [1.54, 1.807) is 0 Å². The number of hydrogen-bond acceptors (Lipinski definition) is 2. The third kappa shape index (κ3) is 2.10. The summed E-state index contributed by atoms with van der Waals surface area (Å²) in [6.07, 6.45) is 1.92. The van der Waals surface area contributed by atoms with Gasteiger partial charge in [-0.25, -0.2) is 0 Å². The minimum Gasteiger partial charge on any atom is -0.281 e. The van der Waals surface area contributed by atoms with Crippen LogP contribution in [0.4, 0.5) is 0 Å². The van der Waals surface area contributed by atoms with E-state index in [0.717, 1.165) is 11.4 Å². The number of fused-ring (bicyclic) bond motifs is 1. The van der Waals surface area contributed by atoms with E-state index in [1.165, 1.54) is 5.56 Å². The Morgan fingerprint density at radius 2 is 1.79 bits per heavy atom. The molecule has 0 aliphatic rings. The van der Waals surface area contributed by atoms with Gasteiger partial charge in [0.1, 0.15) is 0 Å². The molecule has 96 valence electrons. The maximum Gasteiger partial charge on any atom is 0.179 e. The number of nitrogens with zero attached hydrogens (tertiary/aromatic N) is 3. The second-order valence-corrected chi connectivity index (χ2v) is 5.26. The fourth-order valence-electron chi connectivity index (χ4n) is 2.10. The summed E-state index contributed by atoms with van der Waals surface area (Å²) in [6.45, 7) is 4.36. The predicted molar refractivity (Wildman–Crippen MR) is 77.5 cm³/mol. The van der Waals surface area contributed by atoms with Gasteiger partial charge in [-0.1, -0.05) is 49.7 Å². The Kier molecular flexibility index (Phi) is 2.99. The summed E-state index contributed by atoms with van der Waals surface area (Å²) >= 11 is 6.10. The summed E-state index contributed by atoms with van der Waals surface area (Å²) in [6, 6.07) is 12.1. The second-order valence-electron chi connectivity index (χ2n) is 4.85. The van der Waals surface area contributed by atoms with E-state index >= 15 is 0 Å². The highest BCUT2D eigenvalue weighted by atomic mass is 35.5. The lowest BCUT2D eigenvalue weighted by Crippen LogP contribution is -1.91. The third-order valence-corrected chi connectivity index (χ3v) is 3.52. The van der Waals surface area contributed by atoms with Gasteiger partial charge in [-0.2, -0.15) is 0 Å². The summed E-state index contributed by atoms with van der Waals surface area (Å²) in [5, 5.41) is 8.97. The van der Waals surface area contributed by atoms with Crippen LogP contribution in [0, 0.1) is 0 Å². The monoisotopic (exact) mass is 271 g/mol. The van der Waals surface area contributed by atoms with Crippen molar-refractivity contribution >= 4 is 17.2 Å². The molecule has 0 N–H and O–H groups in total. The first kappa shape index (κ1) is 12.2. The van der Waals surface area contributed by atoms with E-state index < -0.39 is 0 Å². The van der Waals surface area contributed by atoms with Crippen molar-refractivity contribution in [2.75, 3.05) is 0 Å². The van der Waals surface area contributed by atoms with Gasteiger partial charge in [-0.15, -0.1) is 10.2 Å². The molecule has 1 aromatic carbocycles. The maximum atomic E-state index is 6.10. The highest BCUT2D eigenvalue weighted by molar-refractivity contribution is 6.33. The van der Waals surface area contributed by atoms with Crippen LogP contribution in [0.25, 0.3) is 17.0 Å². The van der Waals surface area contributed by atoms with Crippen molar-refractivity contribution in [2.24, 2.45) is 0 Å². The molecule has 0 atom stereocenters. The van der Waals surface area contributed by atoms with E-state index in [2.05, 4.69) is 48.3 Å². The Balaban J connectivity index is 2.11. The molecule has 4 heteroatoms. The van der Waals surface area contributed by atoms with E-state index in [1.807, 2.05) is 22.7 Å². The molecular weight excluding hydrogens is 258 g/mol. The van der Waals surface area contributed by atoms with Crippen molar-refractivity contribution in [3.05, 3.63) is 53.2 Å². The minimum absolute atomic E-state index is 0.527. The SMILES string of the molecule is CC(C)c1ccc(-c2nnc3c(Cl)cccn23)cc1.